The van der Waals surface area contributed by atoms with Gasteiger partial charge >= 0.3 is 25.8 Å². The molecule has 0 spiro atoms. The molecule has 1 N–H and O–H groups in total. The molecule has 2 rings (SSSR count). The van der Waals surface area contributed by atoms with Gasteiger partial charge in [-0.15, -0.1) is 0 Å². The van der Waals surface area contributed by atoms with Crippen molar-refractivity contribution in [2.75, 3.05) is 0 Å². The summed E-state index contributed by atoms with van der Waals surface area (Å²) in [5.74, 6) is -12.9. The quantitative estimate of drug-likeness (QED) is 0.447. The van der Waals surface area contributed by atoms with Crippen molar-refractivity contribution in [3.63, 3.8) is 0 Å². The molecule has 0 saturated heterocycles. The molecule has 2 aromatic carbocycles. The van der Waals surface area contributed by atoms with Gasteiger partial charge in [-0.25, -0.2) is 4.57 Å². The van der Waals surface area contributed by atoms with E-state index in [-0.39, 0.29) is 5.75 Å². The summed E-state index contributed by atoms with van der Waals surface area (Å²) in [7, 11) is -5.53. The summed E-state index contributed by atoms with van der Waals surface area (Å²) in [6.45, 7) is 0. The Bertz CT molecular complexity index is 828. The molecule has 0 aliphatic rings. The molecular formula is C16H12F7O4P. The van der Waals surface area contributed by atoms with Gasteiger partial charge < -0.3 is 4.52 Å². The van der Waals surface area contributed by atoms with Gasteiger partial charge in [0.15, 0.2) is 6.10 Å². The summed E-state index contributed by atoms with van der Waals surface area (Å²) in [4.78, 5) is 9.68. The van der Waals surface area contributed by atoms with E-state index in [1.54, 1.807) is 0 Å². The van der Waals surface area contributed by atoms with Crippen LogP contribution >= 0.6 is 7.82 Å². The molecule has 0 aliphatic heterocycles. The molecule has 0 aliphatic carbocycles. The van der Waals surface area contributed by atoms with Crippen LogP contribution in [0.3, 0.4) is 0 Å². The van der Waals surface area contributed by atoms with Crippen LogP contribution in [0.4, 0.5) is 30.7 Å². The molecule has 12 heteroatoms. The van der Waals surface area contributed by atoms with Crippen molar-refractivity contribution in [3.05, 3.63) is 66.2 Å². The molecule has 0 fully saturated rings. The molecule has 4 nitrogen and oxygen atoms in total. The summed E-state index contributed by atoms with van der Waals surface area (Å²) in [5, 5.41) is 0. The van der Waals surface area contributed by atoms with Crippen LogP contribution in [0.5, 0.6) is 5.75 Å². The second-order valence-electron chi connectivity index (χ2n) is 5.46. The Labute approximate surface area is 154 Å². The Morgan fingerprint density at radius 3 is 1.75 bits per heavy atom. The van der Waals surface area contributed by atoms with E-state index in [1.165, 1.54) is 24.3 Å². The number of phosphoric acid groups is 1. The van der Waals surface area contributed by atoms with Gasteiger partial charge in [-0.3, -0.25) is 9.42 Å². The fourth-order valence-corrected chi connectivity index (χ4v) is 3.04. The Balaban J connectivity index is 2.45. The van der Waals surface area contributed by atoms with Crippen LogP contribution in [0.1, 0.15) is 11.7 Å². The second-order valence-corrected chi connectivity index (χ2v) is 6.79. The Morgan fingerprint density at radius 2 is 1.29 bits per heavy atom. The number of benzene rings is 2. The van der Waals surface area contributed by atoms with E-state index >= 15 is 0 Å². The van der Waals surface area contributed by atoms with Crippen LogP contribution in [0.25, 0.3) is 0 Å². The standard InChI is InChI=1S/C16H12F7O4P/c17-14(18,15(19,20)16(21,22)23)13(11-7-3-1-4-8-11)27-28(24,25)26-12-9-5-2-6-10-12/h1-10,13H,(H,24,25)/t13-/m1/s1. The number of alkyl halides is 7. The van der Waals surface area contributed by atoms with Crippen LogP contribution in [0.2, 0.25) is 0 Å². The first-order valence-electron chi connectivity index (χ1n) is 7.41. The number of rotatable bonds is 7. The number of hydrogen-bond donors (Lipinski definition) is 1. The highest BCUT2D eigenvalue weighted by atomic mass is 31.2. The molecule has 2 aromatic rings. The maximum Gasteiger partial charge on any atom is 0.528 e. The number of phosphoric ester groups is 1. The Hall–Kier alpha value is -2.10. The molecule has 0 amide bonds. The van der Waals surface area contributed by atoms with Crippen molar-refractivity contribution in [1.82, 2.24) is 0 Å². The lowest BCUT2D eigenvalue weighted by atomic mass is 9.98. The van der Waals surface area contributed by atoms with Gasteiger partial charge in [-0.1, -0.05) is 48.5 Å². The average molecular weight is 432 g/mol. The van der Waals surface area contributed by atoms with Crippen molar-refractivity contribution in [2.24, 2.45) is 0 Å². The molecule has 0 saturated carbocycles. The highest BCUT2D eigenvalue weighted by molar-refractivity contribution is 7.47. The van der Waals surface area contributed by atoms with Gasteiger partial charge in [-0.2, -0.15) is 30.7 Å². The molecule has 1 unspecified atom stereocenters. The molecule has 0 radical (unpaired) electrons. The van der Waals surface area contributed by atoms with E-state index in [4.69, 9.17) is 0 Å². The van der Waals surface area contributed by atoms with Gasteiger partial charge in [-0.05, 0) is 17.7 Å². The van der Waals surface area contributed by atoms with Crippen molar-refractivity contribution in [2.45, 2.75) is 24.1 Å². The van der Waals surface area contributed by atoms with E-state index in [9.17, 15) is 40.2 Å². The topological polar surface area (TPSA) is 55.8 Å². The first kappa shape index (κ1) is 22.2. The fraction of sp³-hybridized carbons (Fsp3) is 0.250. The van der Waals surface area contributed by atoms with E-state index in [1.807, 2.05) is 0 Å². The lowest BCUT2D eigenvalue weighted by molar-refractivity contribution is -0.370. The third kappa shape index (κ3) is 4.65. The largest absolute Gasteiger partial charge is 0.528 e. The zero-order chi connectivity index (χ0) is 21.2. The minimum atomic E-state index is -6.65. The lowest BCUT2D eigenvalue weighted by Crippen LogP contribution is -2.55. The van der Waals surface area contributed by atoms with Crippen molar-refractivity contribution < 1.29 is 49.2 Å². The Kier molecular flexibility index (Phi) is 6.13. The van der Waals surface area contributed by atoms with Crippen LogP contribution in [0, 0.1) is 0 Å². The van der Waals surface area contributed by atoms with Gasteiger partial charge in [0, 0.05) is 0 Å². The van der Waals surface area contributed by atoms with Gasteiger partial charge in [0.25, 0.3) is 0 Å². The van der Waals surface area contributed by atoms with E-state index in [2.05, 4.69) is 9.05 Å². The second kappa shape index (κ2) is 7.73. The molecule has 0 heterocycles. The minimum absolute atomic E-state index is 0.356. The van der Waals surface area contributed by atoms with E-state index in [0.29, 0.717) is 0 Å². The van der Waals surface area contributed by atoms with Gasteiger partial charge in [0.05, 0.1) is 0 Å². The maximum atomic E-state index is 14.2. The van der Waals surface area contributed by atoms with Crippen LogP contribution in [0.15, 0.2) is 60.7 Å². The van der Waals surface area contributed by atoms with Crippen molar-refractivity contribution >= 4 is 7.82 Å². The third-order valence-electron chi connectivity index (χ3n) is 3.41. The van der Waals surface area contributed by atoms with Crippen LogP contribution < -0.4 is 4.52 Å². The molecule has 154 valence electrons. The van der Waals surface area contributed by atoms with Crippen molar-refractivity contribution in [1.29, 1.82) is 0 Å². The number of para-hydroxylation sites is 1. The zero-order valence-corrected chi connectivity index (χ0v) is 14.5. The monoisotopic (exact) mass is 432 g/mol. The highest BCUT2D eigenvalue weighted by Crippen LogP contribution is 2.58. The summed E-state index contributed by atoms with van der Waals surface area (Å²) in [6, 6.07) is 11.2. The molecule has 0 bridgehead atoms. The summed E-state index contributed by atoms with van der Waals surface area (Å²) in [6.07, 6.45) is -10.1. The molecular weight excluding hydrogens is 420 g/mol. The zero-order valence-electron chi connectivity index (χ0n) is 13.6. The number of hydrogen-bond acceptors (Lipinski definition) is 3. The van der Waals surface area contributed by atoms with E-state index < -0.39 is 37.5 Å². The number of halogens is 7. The predicted octanol–water partition coefficient (Wildman–Crippen LogP) is 5.76. The normalized spacial score (nSPS) is 16.3. The lowest BCUT2D eigenvalue weighted by Gasteiger charge is -2.34. The van der Waals surface area contributed by atoms with Gasteiger partial charge in [0.1, 0.15) is 5.75 Å². The highest BCUT2D eigenvalue weighted by Gasteiger charge is 2.76. The summed E-state index contributed by atoms with van der Waals surface area (Å²) < 4.78 is 114. The molecule has 28 heavy (non-hydrogen) atoms. The van der Waals surface area contributed by atoms with Crippen LogP contribution in [-0.4, -0.2) is 22.9 Å². The smallest absolute Gasteiger partial charge is 0.404 e. The molecule has 2 atom stereocenters. The predicted molar refractivity (Wildman–Crippen MR) is 83.1 cm³/mol. The molecule has 0 aromatic heterocycles. The van der Waals surface area contributed by atoms with Gasteiger partial charge in [0.2, 0.25) is 0 Å². The minimum Gasteiger partial charge on any atom is -0.404 e. The summed E-state index contributed by atoms with van der Waals surface area (Å²) in [5.41, 5.74) is -0.887. The average Bonchev–Trinajstić information content (AvgIpc) is 2.60. The SMILES string of the molecule is O=P(O)(Oc1ccccc1)O[C@H](c1ccccc1)C(F)(F)C(F)(F)C(F)(F)F. The van der Waals surface area contributed by atoms with Crippen molar-refractivity contribution in [3.8, 4) is 5.75 Å². The first-order chi connectivity index (χ1) is 12.8. The third-order valence-corrected chi connectivity index (χ3v) is 4.33. The summed E-state index contributed by atoms with van der Waals surface area (Å²) >= 11 is 0. The first-order valence-corrected chi connectivity index (χ1v) is 8.90. The van der Waals surface area contributed by atoms with Crippen LogP contribution in [-0.2, 0) is 9.09 Å². The fourth-order valence-electron chi connectivity index (χ4n) is 2.09. The Morgan fingerprint density at radius 1 is 0.821 bits per heavy atom. The van der Waals surface area contributed by atoms with E-state index in [0.717, 1.165) is 36.4 Å². The maximum absolute atomic E-state index is 14.2.